The smallest absolute Gasteiger partial charge is 0.409 e. The minimum Gasteiger partial charge on any atom is -0.450 e. The second kappa shape index (κ2) is 9.80. The van der Waals surface area contributed by atoms with Crippen molar-refractivity contribution in [1.29, 1.82) is 0 Å². The summed E-state index contributed by atoms with van der Waals surface area (Å²) in [5.41, 5.74) is 0.318. The van der Waals surface area contributed by atoms with Crippen LogP contribution in [-0.2, 0) is 4.74 Å². The number of carbonyl (C=O) groups is 2. The van der Waals surface area contributed by atoms with Gasteiger partial charge in [0.15, 0.2) is 0 Å². The molecule has 0 aromatic carbocycles. The van der Waals surface area contributed by atoms with Crippen molar-refractivity contribution < 1.29 is 14.3 Å². The zero-order chi connectivity index (χ0) is 18.1. The fraction of sp³-hybridized carbons (Fsp3) is 0.647. The molecule has 0 unspecified atom stereocenters. The SMILES string of the molecule is CCCCNC(=O)c1cnc(NC2CCN(C(=O)OCC)CC2)cn1. The molecule has 1 saturated heterocycles. The predicted octanol–water partition coefficient (Wildman–Crippen LogP) is 2.04. The van der Waals surface area contributed by atoms with Crippen molar-refractivity contribution in [2.24, 2.45) is 0 Å². The molecule has 2 N–H and O–H groups in total. The number of unbranched alkanes of at least 4 members (excludes halogenated alkanes) is 1. The number of nitrogens with zero attached hydrogens (tertiary/aromatic N) is 3. The number of nitrogens with one attached hydrogen (secondary N) is 2. The van der Waals surface area contributed by atoms with Gasteiger partial charge in [0.05, 0.1) is 19.0 Å². The van der Waals surface area contributed by atoms with Crippen molar-refractivity contribution in [3.8, 4) is 0 Å². The zero-order valence-corrected chi connectivity index (χ0v) is 15.0. The summed E-state index contributed by atoms with van der Waals surface area (Å²) in [6.07, 6.45) is 6.43. The van der Waals surface area contributed by atoms with E-state index in [4.69, 9.17) is 4.74 Å². The fourth-order valence-corrected chi connectivity index (χ4v) is 2.62. The van der Waals surface area contributed by atoms with Crippen LogP contribution in [0.5, 0.6) is 0 Å². The standard InChI is InChI=1S/C17H27N5O3/c1-3-5-8-18-16(23)14-11-20-15(12-19-14)21-13-6-9-22(10-7-13)17(24)25-4-2/h11-13H,3-10H2,1-2H3,(H,18,23)(H,20,21). The molecule has 1 aromatic rings. The summed E-state index contributed by atoms with van der Waals surface area (Å²) in [5.74, 6) is 0.440. The van der Waals surface area contributed by atoms with E-state index < -0.39 is 0 Å². The Bertz CT molecular complexity index is 556. The van der Waals surface area contributed by atoms with Gasteiger partial charge in [-0.2, -0.15) is 0 Å². The van der Waals surface area contributed by atoms with Crippen LogP contribution in [0, 0.1) is 0 Å². The molecule has 0 bridgehead atoms. The number of rotatable bonds is 7. The molecule has 2 rings (SSSR count). The van der Waals surface area contributed by atoms with Gasteiger partial charge in [-0.3, -0.25) is 4.79 Å². The van der Waals surface area contributed by atoms with Crippen molar-refractivity contribution in [2.45, 2.75) is 45.6 Å². The van der Waals surface area contributed by atoms with Gasteiger partial charge in [0.1, 0.15) is 11.5 Å². The van der Waals surface area contributed by atoms with Crippen LogP contribution < -0.4 is 10.6 Å². The number of aromatic nitrogens is 2. The van der Waals surface area contributed by atoms with E-state index in [1.54, 1.807) is 18.0 Å². The average molecular weight is 349 g/mol. The molecular weight excluding hydrogens is 322 g/mol. The van der Waals surface area contributed by atoms with Gasteiger partial charge in [0.25, 0.3) is 5.91 Å². The summed E-state index contributed by atoms with van der Waals surface area (Å²) in [5, 5.41) is 6.12. The molecule has 8 heteroatoms. The Hall–Kier alpha value is -2.38. The molecule has 1 aliphatic rings. The Morgan fingerprint density at radius 3 is 2.60 bits per heavy atom. The molecule has 1 aromatic heterocycles. The molecule has 8 nitrogen and oxygen atoms in total. The highest BCUT2D eigenvalue weighted by atomic mass is 16.6. The van der Waals surface area contributed by atoms with E-state index >= 15 is 0 Å². The molecule has 138 valence electrons. The van der Waals surface area contributed by atoms with Crippen molar-refractivity contribution in [3.05, 3.63) is 18.1 Å². The maximum absolute atomic E-state index is 11.9. The quantitative estimate of drug-likeness (QED) is 0.731. The Balaban J connectivity index is 1.78. The van der Waals surface area contributed by atoms with Crippen LogP contribution in [0.25, 0.3) is 0 Å². The monoisotopic (exact) mass is 349 g/mol. The number of piperidine rings is 1. The van der Waals surface area contributed by atoms with Crippen LogP contribution in [0.15, 0.2) is 12.4 Å². The lowest BCUT2D eigenvalue weighted by Gasteiger charge is -2.31. The van der Waals surface area contributed by atoms with Gasteiger partial charge < -0.3 is 20.3 Å². The summed E-state index contributed by atoms with van der Waals surface area (Å²) < 4.78 is 5.01. The molecule has 2 heterocycles. The van der Waals surface area contributed by atoms with Crippen LogP contribution in [0.1, 0.15) is 50.0 Å². The Kier molecular flexibility index (Phi) is 7.43. The first kappa shape index (κ1) is 19.0. The van der Waals surface area contributed by atoms with Gasteiger partial charge in [-0.15, -0.1) is 0 Å². The molecule has 0 spiro atoms. The largest absolute Gasteiger partial charge is 0.450 e. The van der Waals surface area contributed by atoms with Crippen molar-refractivity contribution in [3.63, 3.8) is 0 Å². The van der Waals surface area contributed by atoms with E-state index in [0.717, 1.165) is 25.7 Å². The summed E-state index contributed by atoms with van der Waals surface area (Å²) in [6, 6.07) is 0.226. The third kappa shape index (κ3) is 5.88. The molecule has 0 atom stereocenters. The van der Waals surface area contributed by atoms with Crippen molar-refractivity contribution in [1.82, 2.24) is 20.2 Å². The topological polar surface area (TPSA) is 96.5 Å². The van der Waals surface area contributed by atoms with E-state index in [0.29, 0.717) is 37.8 Å². The second-order valence-corrected chi connectivity index (χ2v) is 6.00. The van der Waals surface area contributed by atoms with Gasteiger partial charge in [0.2, 0.25) is 0 Å². The lowest BCUT2D eigenvalue weighted by molar-refractivity contribution is 0.0946. The Labute approximate surface area is 148 Å². The maximum Gasteiger partial charge on any atom is 0.409 e. The summed E-state index contributed by atoms with van der Waals surface area (Å²) >= 11 is 0. The molecule has 25 heavy (non-hydrogen) atoms. The van der Waals surface area contributed by atoms with Crippen LogP contribution in [0.2, 0.25) is 0 Å². The van der Waals surface area contributed by atoms with Crippen molar-refractivity contribution in [2.75, 3.05) is 31.6 Å². The van der Waals surface area contributed by atoms with Gasteiger partial charge in [-0.25, -0.2) is 14.8 Å². The van der Waals surface area contributed by atoms with Crippen LogP contribution >= 0.6 is 0 Å². The Morgan fingerprint density at radius 1 is 1.24 bits per heavy atom. The summed E-state index contributed by atoms with van der Waals surface area (Å²) in [6.45, 7) is 6.23. The number of ether oxygens (including phenoxy) is 1. The minimum atomic E-state index is -0.251. The highest BCUT2D eigenvalue weighted by molar-refractivity contribution is 5.91. The van der Waals surface area contributed by atoms with Crippen LogP contribution in [0.4, 0.5) is 10.6 Å². The van der Waals surface area contributed by atoms with Gasteiger partial charge in [-0.1, -0.05) is 13.3 Å². The first-order valence-electron chi connectivity index (χ1n) is 8.92. The summed E-state index contributed by atoms with van der Waals surface area (Å²) in [4.78, 5) is 33.7. The van der Waals surface area contributed by atoms with E-state index in [1.165, 1.54) is 6.20 Å². The molecule has 0 saturated carbocycles. The molecule has 2 amide bonds. The van der Waals surface area contributed by atoms with E-state index in [9.17, 15) is 9.59 Å². The van der Waals surface area contributed by atoms with Crippen molar-refractivity contribution >= 4 is 17.8 Å². The normalized spacial score (nSPS) is 14.9. The first-order valence-corrected chi connectivity index (χ1v) is 8.92. The molecule has 1 aliphatic heterocycles. The third-order valence-electron chi connectivity index (χ3n) is 4.07. The van der Waals surface area contributed by atoms with E-state index in [-0.39, 0.29) is 18.0 Å². The lowest BCUT2D eigenvalue weighted by Crippen LogP contribution is -2.42. The molecule has 1 fully saturated rings. The molecule has 0 aliphatic carbocycles. The van der Waals surface area contributed by atoms with Gasteiger partial charge in [-0.05, 0) is 26.2 Å². The zero-order valence-electron chi connectivity index (χ0n) is 15.0. The van der Waals surface area contributed by atoms with E-state index in [2.05, 4.69) is 27.5 Å². The number of anilines is 1. The molecule has 0 radical (unpaired) electrons. The van der Waals surface area contributed by atoms with Gasteiger partial charge >= 0.3 is 6.09 Å². The summed E-state index contributed by atoms with van der Waals surface area (Å²) in [7, 11) is 0. The number of hydrogen-bond acceptors (Lipinski definition) is 6. The van der Waals surface area contributed by atoms with Crippen LogP contribution in [-0.4, -0.2) is 59.2 Å². The number of amides is 2. The Morgan fingerprint density at radius 2 is 2.00 bits per heavy atom. The number of hydrogen-bond donors (Lipinski definition) is 2. The minimum absolute atomic E-state index is 0.199. The first-order chi connectivity index (χ1) is 12.1. The number of carbonyl (C=O) groups excluding carboxylic acids is 2. The van der Waals surface area contributed by atoms with Gasteiger partial charge in [0, 0.05) is 25.7 Å². The maximum atomic E-state index is 11.9. The molecular formula is C17H27N5O3. The highest BCUT2D eigenvalue weighted by Gasteiger charge is 2.23. The highest BCUT2D eigenvalue weighted by Crippen LogP contribution is 2.15. The third-order valence-corrected chi connectivity index (χ3v) is 4.07. The average Bonchev–Trinajstić information content (AvgIpc) is 2.63. The number of likely N-dealkylation sites (tertiary alicyclic amines) is 1. The predicted molar refractivity (Wildman–Crippen MR) is 94.5 cm³/mol. The fourth-order valence-electron chi connectivity index (χ4n) is 2.62. The second-order valence-electron chi connectivity index (χ2n) is 6.00. The van der Waals surface area contributed by atoms with Crippen LogP contribution in [0.3, 0.4) is 0 Å². The lowest BCUT2D eigenvalue weighted by atomic mass is 10.1. The van der Waals surface area contributed by atoms with E-state index in [1.807, 2.05) is 0 Å².